The molecule has 0 aliphatic carbocycles. The third-order valence-electron chi connectivity index (χ3n) is 5.47. The predicted octanol–water partition coefficient (Wildman–Crippen LogP) is 5.20. The average Bonchev–Trinajstić information content (AvgIpc) is 3.40. The van der Waals surface area contributed by atoms with E-state index in [9.17, 15) is 14.4 Å². The van der Waals surface area contributed by atoms with E-state index in [0.717, 1.165) is 22.0 Å². The van der Waals surface area contributed by atoms with E-state index in [1.807, 2.05) is 49.4 Å². The molecule has 4 rings (SSSR count). The zero-order valence-electron chi connectivity index (χ0n) is 18.9. The summed E-state index contributed by atoms with van der Waals surface area (Å²) in [7, 11) is 0. The van der Waals surface area contributed by atoms with Gasteiger partial charge in [0, 0.05) is 17.6 Å². The molecule has 0 atom stereocenters. The van der Waals surface area contributed by atoms with E-state index in [4.69, 9.17) is 9.15 Å². The van der Waals surface area contributed by atoms with Gasteiger partial charge in [-0.3, -0.25) is 9.59 Å². The number of rotatable bonds is 7. The number of ether oxygens (including phenoxy) is 1. The summed E-state index contributed by atoms with van der Waals surface area (Å²) < 4.78 is 10.4. The van der Waals surface area contributed by atoms with E-state index in [1.54, 1.807) is 36.1 Å². The second-order valence-corrected chi connectivity index (χ2v) is 7.67. The van der Waals surface area contributed by atoms with Crippen LogP contribution in [0.2, 0.25) is 0 Å². The number of anilines is 2. The van der Waals surface area contributed by atoms with Gasteiger partial charge < -0.3 is 19.4 Å². The van der Waals surface area contributed by atoms with Gasteiger partial charge in [0.15, 0.2) is 12.4 Å². The van der Waals surface area contributed by atoms with Crippen molar-refractivity contribution in [2.45, 2.75) is 13.8 Å². The van der Waals surface area contributed by atoms with Crippen LogP contribution in [0.4, 0.5) is 11.4 Å². The number of carbonyl (C=O) groups is 3. The highest BCUT2D eigenvalue weighted by atomic mass is 16.5. The molecule has 1 heterocycles. The van der Waals surface area contributed by atoms with Crippen LogP contribution in [0.1, 0.15) is 33.4 Å². The van der Waals surface area contributed by atoms with Crippen LogP contribution >= 0.6 is 0 Å². The maximum Gasteiger partial charge on any atom is 0.338 e. The number of benzene rings is 3. The van der Waals surface area contributed by atoms with Crippen molar-refractivity contribution in [2.24, 2.45) is 0 Å². The van der Waals surface area contributed by atoms with Gasteiger partial charge in [-0.25, -0.2) is 4.79 Å². The van der Waals surface area contributed by atoms with E-state index in [2.05, 4.69) is 5.32 Å². The average molecular weight is 456 g/mol. The number of carbonyl (C=O) groups excluding carboxylic acids is 3. The van der Waals surface area contributed by atoms with Crippen molar-refractivity contribution in [2.75, 3.05) is 23.4 Å². The van der Waals surface area contributed by atoms with Gasteiger partial charge >= 0.3 is 5.97 Å². The van der Waals surface area contributed by atoms with Gasteiger partial charge in [-0.15, -0.1) is 0 Å². The summed E-state index contributed by atoms with van der Waals surface area (Å²) in [5.74, 6) is -1.25. The van der Waals surface area contributed by atoms with Crippen LogP contribution in [0.15, 0.2) is 83.5 Å². The molecule has 0 saturated heterocycles. The summed E-state index contributed by atoms with van der Waals surface area (Å²) in [6.45, 7) is 3.70. The molecule has 7 heteroatoms. The van der Waals surface area contributed by atoms with Gasteiger partial charge in [0.25, 0.3) is 11.8 Å². The first-order valence-corrected chi connectivity index (χ1v) is 10.9. The lowest BCUT2D eigenvalue weighted by Crippen LogP contribution is -2.34. The molecule has 0 bridgehead atoms. The topological polar surface area (TPSA) is 88.9 Å². The first-order chi connectivity index (χ1) is 16.5. The summed E-state index contributed by atoms with van der Waals surface area (Å²) in [5, 5.41) is 4.69. The van der Waals surface area contributed by atoms with E-state index < -0.39 is 18.5 Å². The lowest BCUT2D eigenvalue weighted by molar-refractivity contribution is -0.121. The first-order valence-electron chi connectivity index (χ1n) is 10.9. The standard InChI is InChI=1S/C27H24N2O5/c1-3-29(23-11-6-9-19-8-4-5-10-21(19)23)25(30)17-34-27(32)20-14-13-18(2)22(16-20)28-26(31)24-12-7-15-33-24/h4-16H,3,17H2,1-2H3,(H,28,31). The number of hydrogen-bond donors (Lipinski definition) is 1. The molecular formula is C27H24N2O5. The number of fused-ring (bicyclic) bond motifs is 1. The molecule has 1 aromatic heterocycles. The molecule has 7 nitrogen and oxygen atoms in total. The van der Waals surface area contributed by atoms with Crippen LogP contribution in [0.25, 0.3) is 10.8 Å². The van der Waals surface area contributed by atoms with Crippen molar-refractivity contribution in [3.8, 4) is 0 Å². The Bertz CT molecular complexity index is 1340. The van der Waals surface area contributed by atoms with Gasteiger partial charge in [-0.1, -0.05) is 42.5 Å². The molecule has 172 valence electrons. The van der Waals surface area contributed by atoms with Crippen molar-refractivity contribution in [3.63, 3.8) is 0 Å². The van der Waals surface area contributed by atoms with Gasteiger partial charge in [0.1, 0.15) is 0 Å². The SMILES string of the molecule is CCN(C(=O)COC(=O)c1ccc(C)c(NC(=O)c2ccco2)c1)c1cccc2ccccc12. The predicted molar refractivity (Wildman–Crippen MR) is 130 cm³/mol. The molecular weight excluding hydrogens is 432 g/mol. The second-order valence-electron chi connectivity index (χ2n) is 7.67. The lowest BCUT2D eigenvalue weighted by atomic mass is 10.1. The Labute approximate surface area is 196 Å². The highest BCUT2D eigenvalue weighted by Gasteiger charge is 2.19. The highest BCUT2D eigenvalue weighted by Crippen LogP contribution is 2.27. The Hall–Kier alpha value is -4.39. The summed E-state index contributed by atoms with van der Waals surface area (Å²) >= 11 is 0. The van der Waals surface area contributed by atoms with E-state index in [0.29, 0.717) is 12.2 Å². The Morgan fingerprint density at radius 2 is 1.76 bits per heavy atom. The first kappa shape index (κ1) is 22.8. The molecule has 3 aromatic carbocycles. The van der Waals surface area contributed by atoms with Crippen LogP contribution in [0.3, 0.4) is 0 Å². The zero-order chi connectivity index (χ0) is 24.1. The number of likely N-dealkylation sites (N-methyl/N-ethyl adjacent to an activating group) is 1. The molecule has 2 amide bonds. The maximum atomic E-state index is 12.9. The third kappa shape index (κ3) is 4.83. The zero-order valence-corrected chi connectivity index (χ0v) is 18.9. The lowest BCUT2D eigenvalue weighted by Gasteiger charge is -2.22. The van der Waals surface area contributed by atoms with E-state index in [-0.39, 0.29) is 17.2 Å². The quantitative estimate of drug-likeness (QED) is 0.386. The Morgan fingerprint density at radius 3 is 2.53 bits per heavy atom. The number of esters is 1. The number of nitrogens with one attached hydrogen (secondary N) is 1. The maximum absolute atomic E-state index is 12.9. The largest absolute Gasteiger partial charge is 0.459 e. The van der Waals surface area contributed by atoms with Crippen molar-refractivity contribution in [3.05, 3.63) is 95.9 Å². The number of nitrogens with zero attached hydrogens (tertiary/aromatic N) is 1. The van der Waals surface area contributed by atoms with Crippen LogP contribution in [-0.2, 0) is 9.53 Å². The van der Waals surface area contributed by atoms with Crippen LogP contribution in [0, 0.1) is 6.92 Å². The summed E-state index contributed by atoms with van der Waals surface area (Å²) in [4.78, 5) is 39.5. The minimum absolute atomic E-state index is 0.158. The van der Waals surface area contributed by atoms with Crippen LogP contribution < -0.4 is 10.2 Å². The van der Waals surface area contributed by atoms with Crippen molar-refractivity contribution in [1.82, 2.24) is 0 Å². The fourth-order valence-electron chi connectivity index (χ4n) is 3.69. The number of amides is 2. The fraction of sp³-hybridized carbons (Fsp3) is 0.148. The number of aryl methyl sites for hydroxylation is 1. The molecule has 0 fully saturated rings. The third-order valence-corrected chi connectivity index (χ3v) is 5.47. The molecule has 0 spiro atoms. The fourth-order valence-corrected chi connectivity index (χ4v) is 3.69. The summed E-state index contributed by atoms with van der Waals surface area (Å²) in [5.41, 5.74) is 2.20. The Balaban J connectivity index is 1.45. The molecule has 0 aliphatic rings. The molecule has 0 unspecified atom stereocenters. The Kier molecular flexibility index (Phi) is 6.73. The molecule has 0 aliphatic heterocycles. The van der Waals surface area contributed by atoms with Crippen LogP contribution in [0.5, 0.6) is 0 Å². The smallest absolute Gasteiger partial charge is 0.338 e. The van der Waals surface area contributed by atoms with Gasteiger partial charge in [-0.2, -0.15) is 0 Å². The van der Waals surface area contributed by atoms with Crippen LogP contribution in [-0.4, -0.2) is 30.9 Å². The highest BCUT2D eigenvalue weighted by molar-refractivity contribution is 6.05. The minimum Gasteiger partial charge on any atom is -0.459 e. The molecule has 1 N–H and O–H groups in total. The summed E-state index contributed by atoms with van der Waals surface area (Å²) in [6, 6.07) is 21.5. The van der Waals surface area contributed by atoms with Gasteiger partial charge in [-0.05, 0) is 55.1 Å². The van der Waals surface area contributed by atoms with Crippen molar-refractivity contribution < 1.29 is 23.5 Å². The van der Waals surface area contributed by atoms with E-state index >= 15 is 0 Å². The molecule has 0 radical (unpaired) electrons. The number of furan rings is 1. The monoisotopic (exact) mass is 456 g/mol. The number of hydrogen-bond acceptors (Lipinski definition) is 5. The second kappa shape index (κ2) is 10.0. The van der Waals surface area contributed by atoms with Gasteiger partial charge in [0.05, 0.1) is 17.5 Å². The minimum atomic E-state index is -0.657. The van der Waals surface area contributed by atoms with Crippen molar-refractivity contribution >= 4 is 39.9 Å². The molecule has 0 saturated carbocycles. The summed E-state index contributed by atoms with van der Waals surface area (Å²) in [6.07, 6.45) is 1.41. The van der Waals surface area contributed by atoms with Gasteiger partial charge in [0.2, 0.25) is 0 Å². The Morgan fingerprint density at radius 1 is 0.971 bits per heavy atom. The van der Waals surface area contributed by atoms with Crippen molar-refractivity contribution in [1.29, 1.82) is 0 Å². The molecule has 4 aromatic rings. The molecule has 34 heavy (non-hydrogen) atoms. The normalized spacial score (nSPS) is 10.6. The van der Waals surface area contributed by atoms with E-state index in [1.165, 1.54) is 12.3 Å².